The highest BCUT2D eigenvalue weighted by Crippen LogP contribution is 2.22. The van der Waals surface area contributed by atoms with Crippen molar-refractivity contribution in [3.05, 3.63) is 115 Å². The molecule has 2 N–H and O–H groups in total. The molecular formula is C27H24N2O3. The highest BCUT2D eigenvalue weighted by molar-refractivity contribution is 5.93. The number of ether oxygens (including phenoxy) is 2. The number of benzene rings is 4. The van der Waals surface area contributed by atoms with Crippen LogP contribution in [0.15, 0.2) is 109 Å². The van der Waals surface area contributed by atoms with Gasteiger partial charge in [-0.1, -0.05) is 48.5 Å². The summed E-state index contributed by atoms with van der Waals surface area (Å²) in [6.07, 6.45) is 0. The Morgan fingerprint density at radius 3 is 1.88 bits per heavy atom. The third-order valence-corrected chi connectivity index (χ3v) is 4.67. The van der Waals surface area contributed by atoms with E-state index in [0.717, 1.165) is 34.2 Å². The van der Waals surface area contributed by atoms with Crippen LogP contribution < -0.4 is 20.1 Å². The Morgan fingerprint density at radius 1 is 0.625 bits per heavy atom. The van der Waals surface area contributed by atoms with E-state index in [1.807, 2.05) is 109 Å². The molecule has 0 aliphatic carbocycles. The van der Waals surface area contributed by atoms with Crippen LogP contribution in [-0.4, -0.2) is 12.5 Å². The first-order valence-corrected chi connectivity index (χ1v) is 10.4. The molecule has 4 aromatic rings. The first kappa shape index (κ1) is 21.0. The molecule has 0 spiro atoms. The molecule has 1 amide bonds. The molecule has 5 heteroatoms. The van der Waals surface area contributed by atoms with Gasteiger partial charge in [0.05, 0.1) is 6.54 Å². The number of nitrogens with one attached hydrogen (secondary N) is 2. The molecule has 0 unspecified atom stereocenters. The van der Waals surface area contributed by atoms with Crippen molar-refractivity contribution < 1.29 is 14.3 Å². The minimum atomic E-state index is -0.132. The van der Waals surface area contributed by atoms with Crippen molar-refractivity contribution in [2.45, 2.75) is 6.61 Å². The second-order valence-corrected chi connectivity index (χ2v) is 7.14. The Labute approximate surface area is 187 Å². The number of anilines is 2. The Balaban J connectivity index is 1.21. The third-order valence-electron chi connectivity index (χ3n) is 4.67. The molecule has 160 valence electrons. The van der Waals surface area contributed by atoms with E-state index >= 15 is 0 Å². The zero-order valence-electron chi connectivity index (χ0n) is 17.5. The van der Waals surface area contributed by atoms with Crippen molar-refractivity contribution in [1.82, 2.24) is 0 Å². The van der Waals surface area contributed by atoms with Crippen molar-refractivity contribution in [2.75, 3.05) is 17.2 Å². The molecule has 0 saturated heterocycles. The molecule has 0 aliphatic heterocycles. The average Bonchev–Trinajstić information content (AvgIpc) is 2.84. The number of carbonyl (C=O) groups excluding carboxylic acids is 1. The van der Waals surface area contributed by atoms with E-state index in [1.165, 1.54) is 0 Å². The molecule has 4 rings (SSSR count). The molecule has 0 fully saturated rings. The van der Waals surface area contributed by atoms with Crippen molar-refractivity contribution in [1.29, 1.82) is 0 Å². The summed E-state index contributed by atoms with van der Waals surface area (Å²) in [6, 6.07) is 34.4. The van der Waals surface area contributed by atoms with Crippen LogP contribution in [0, 0.1) is 0 Å². The van der Waals surface area contributed by atoms with Gasteiger partial charge in [-0.05, 0) is 66.2 Å². The highest BCUT2D eigenvalue weighted by Gasteiger charge is 2.04. The minimum Gasteiger partial charge on any atom is -0.489 e. The van der Waals surface area contributed by atoms with Crippen LogP contribution in [0.1, 0.15) is 5.56 Å². The van der Waals surface area contributed by atoms with Gasteiger partial charge in [0.25, 0.3) is 0 Å². The summed E-state index contributed by atoms with van der Waals surface area (Å²) in [7, 11) is 0. The van der Waals surface area contributed by atoms with E-state index in [4.69, 9.17) is 9.47 Å². The summed E-state index contributed by atoms with van der Waals surface area (Å²) >= 11 is 0. The molecule has 4 aromatic carbocycles. The maximum absolute atomic E-state index is 12.3. The fourth-order valence-electron chi connectivity index (χ4n) is 3.03. The van der Waals surface area contributed by atoms with Crippen LogP contribution in [0.5, 0.6) is 17.2 Å². The maximum Gasteiger partial charge on any atom is 0.243 e. The van der Waals surface area contributed by atoms with Gasteiger partial charge < -0.3 is 20.1 Å². The van der Waals surface area contributed by atoms with Gasteiger partial charge in [-0.25, -0.2) is 0 Å². The Bertz CT molecular complexity index is 1110. The second kappa shape index (κ2) is 10.7. The number of hydrogen-bond acceptors (Lipinski definition) is 4. The van der Waals surface area contributed by atoms with Gasteiger partial charge in [0.1, 0.15) is 23.9 Å². The van der Waals surface area contributed by atoms with Crippen LogP contribution in [0.4, 0.5) is 11.4 Å². The van der Waals surface area contributed by atoms with E-state index in [0.29, 0.717) is 6.61 Å². The molecule has 0 bridgehead atoms. The molecule has 32 heavy (non-hydrogen) atoms. The number of rotatable bonds is 9. The fourth-order valence-corrected chi connectivity index (χ4v) is 3.03. The van der Waals surface area contributed by atoms with Crippen LogP contribution in [0.25, 0.3) is 0 Å². The SMILES string of the molecule is O=C(CNc1ccc(Oc2ccccc2)cc1)Nc1ccc(OCc2ccccc2)cc1. The van der Waals surface area contributed by atoms with Gasteiger partial charge in [-0.15, -0.1) is 0 Å². The quantitative estimate of drug-likeness (QED) is 0.340. The number of amides is 1. The van der Waals surface area contributed by atoms with E-state index in [-0.39, 0.29) is 12.5 Å². The number of carbonyl (C=O) groups is 1. The Kier molecular flexibility index (Phi) is 7.01. The van der Waals surface area contributed by atoms with Crippen LogP contribution in [0.2, 0.25) is 0 Å². The molecule has 0 aliphatic rings. The minimum absolute atomic E-state index is 0.132. The summed E-state index contributed by atoms with van der Waals surface area (Å²) in [5.41, 5.74) is 2.66. The van der Waals surface area contributed by atoms with Crippen LogP contribution >= 0.6 is 0 Å². The lowest BCUT2D eigenvalue weighted by molar-refractivity contribution is -0.114. The van der Waals surface area contributed by atoms with E-state index in [1.54, 1.807) is 0 Å². The smallest absolute Gasteiger partial charge is 0.243 e. The first-order valence-electron chi connectivity index (χ1n) is 10.4. The summed E-state index contributed by atoms with van der Waals surface area (Å²) in [6.45, 7) is 0.663. The summed E-state index contributed by atoms with van der Waals surface area (Å²) in [5.74, 6) is 2.14. The zero-order chi connectivity index (χ0) is 22.0. The lowest BCUT2D eigenvalue weighted by Gasteiger charge is -2.10. The molecule has 0 atom stereocenters. The number of para-hydroxylation sites is 1. The second-order valence-electron chi connectivity index (χ2n) is 7.14. The van der Waals surface area contributed by atoms with Crippen molar-refractivity contribution in [3.63, 3.8) is 0 Å². The Morgan fingerprint density at radius 2 is 1.19 bits per heavy atom. The summed E-state index contributed by atoms with van der Waals surface area (Å²) in [4.78, 5) is 12.3. The molecule has 0 aromatic heterocycles. The lowest BCUT2D eigenvalue weighted by Crippen LogP contribution is -2.21. The first-order chi connectivity index (χ1) is 15.7. The average molecular weight is 425 g/mol. The molecule has 0 saturated carbocycles. The zero-order valence-corrected chi connectivity index (χ0v) is 17.5. The molecule has 0 heterocycles. The van der Waals surface area contributed by atoms with E-state index < -0.39 is 0 Å². The largest absolute Gasteiger partial charge is 0.489 e. The van der Waals surface area contributed by atoms with Crippen LogP contribution in [-0.2, 0) is 11.4 Å². The van der Waals surface area contributed by atoms with Crippen molar-refractivity contribution in [3.8, 4) is 17.2 Å². The molecule has 0 radical (unpaired) electrons. The number of hydrogen-bond donors (Lipinski definition) is 2. The fraction of sp³-hybridized carbons (Fsp3) is 0.0741. The van der Waals surface area contributed by atoms with Gasteiger partial charge in [-0.2, -0.15) is 0 Å². The summed E-state index contributed by atoms with van der Waals surface area (Å²) < 4.78 is 11.5. The van der Waals surface area contributed by atoms with Crippen molar-refractivity contribution in [2.24, 2.45) is 0 Å². The monoisotopic (exact) mass is 424 g/mol. The Hall–Kier alpha value is -4.25. The lowest BCUT2D eigenvalue weighted by atomic mass is 10.2. The standard InChI is InChI=1S/C27H24N2O3/c30-27(19-28-22-11-17-26(18-12-22)32-25-9-5-2-6-10-25)29-23-13-15-24(16-14-23)31-20-21-7-3-1-4-8-21/h1-18,28H,19-20H2,(H,29,30). The van der Waals surface area contributed by atoms with Gasteiger partial charge in [0.15, 0.2) is 0 Å². The topological polar surface area (TPSA) is 59.6 Å². The van der Waals surface area contributed by atoms with E-state index in [9.17, 15) is 4.79 Å². The van der Waals surface area contributed by atoms with Gasteiger partial charge >= 0.3 is 0 Å². The maximum atomic E-state index is 12.3. The van der Waals surface area contributed by atoms with Gasteiger partial charge in [0.2, 0.25) is 5.91 Å². The van der Waals surface area contributed by atoms with Gasteiger partial charge in [0, 0.05) is 11.4 Å². The highest BCUT2D eigenvalue weighted by atomic mass is 16.5. The predicted octanol–water partition coefficient (Wildman–Crippen LogP) is 6.11. The predicted molar refractivity (Wildman–Crippen MR) is 127 cm³/mol. The van der Waals surface area contributed by atoms with Gasteiger partial charge in [-0.3, -0.25) is 4.79 Å². The summed E-state index contributed by atoms with van der Waals surface area (Å²) in [5, 5.41) is 5.99. The molecular weight excluding hydrogens is 400 g/mol. The van der Waals surface area contributed by atoms with Crippen molar-refractivity contribution >= 4 is 17.3 Å². The van der Waals surface area contributed by atoms with E-state index in [2.05, 4.69) is 10.6 Å². The third kappa shape index (κ3) is 6.37. The van der Waals surface area contributed by atoms with Crippen LogP contribution in [0.3, 0.4) is 0 Å². The molecule has 5 nitrogen and oxygen atoms in total. The normalized spacial score (nSPS) is 10.2.